The van der Waals surface area contributed by atoms with E-state index in [1.54, 1.807) is 39.9 Å². The first-order valence-electron chi connectivity index (χ1n) is 6.13. The molecule has 1 amide bonds. The normalized spacial score (nSPS) is 10.8. The minimum atomic E-state index is -0.0530. The number of nitrogens with zero attached hydrogens (tertiary/aromatic N) is 5. The van der Waals surface area contributed by atoms with Crippen molar-refractivity contribution in [1.29, 1.82) is 0 Å². The molecule has 0 radical (unpaired) electrons. The third-order valence-electron chi connectivity index (χ3n) is 2.82. The van der Waals surface area contributed by atoms with Crippen LogP contribution in [0.5, 0.6) is 0 Å². The van der Waals surface area contributed by atoms with Gasteiger partial charge in [0.05, 0.1) is 22.2 Å². The van der Waals surface area contributed by atoms with Crippen molar-refractivity contribution in [2.45, 2.75) is 26.6 Å². The van der Waals surface area contributed by atoms with Gasteiger partial charge in [-0.3, -0.25) is 14.2 Å². The summed E-state index contributed by atoms with van der Waals surface area (Å²) < 4.78 is 4.17. The third-order valence-corrected chi connectivity index (χ3v) is 3.55. The number of hydrogen-bond donors (Lipinski definition) is 0. The molecule has 20 heavy (non-hydrogen) atoms. The highest BCUT2D eigenvalue weighted by Crippen LogP contribution is 2.15. The Balaban J connectivity index is 1.98. The van der Waals surface area contributed by atoms with Gasteiger partial charge >= 0.3 is 0 Å². The van der Waals surface area contributed by atoms with Crippen molar-refractivity contribution in [3.63, 3.8) is 0 Å². The molecule has 0 aliphatic heterocycles. The number of aromatic nitrogens is 4. The quantitative estimate of drug-likeness (QED) is 0.821. The predicted octanol–water partition coefficient (Wildman–Crippen LogP) is 2.17. The Morgan fingerprint density at radius 3 is 2.75 bits per heavy atom. The van der Waals surface area contributed by atoms with Crippen LogP contribution in [-0.4, -0.2) is 37.4 Å². The van der Waals surface area contributed by atoms with E-state index in [-0.39, 0.29) is 12.5 Å². The van der Waals surface area contributed by atoms with E-state index in [1.807, 2.05) is 6.92 Å². The first kappa shape index (κ1) is 15.1. The first-order chi connectivity index (χ1) is 9.49. The summed E-state index contributed by atoms with van der Waals surface area (Å²) in [6.45, 7) is 3.30. The number of halogens is 2. The number of rotatable bonds is 5. The Kier molecular flexibility index (Phi) is 4.82. The molecule has 0 N–H and O–H groups in total. The largest absolute Gasteiger partial charge is 0.338 e. The molecular weight excluding hydrogens is 346 g/mol. The average Bonchev–Trinajstić information content (AvgIpc) is 2.96. The number of likely N-dealkylation sites (N-methyl/N-ethyl adjacent to an activating group) is 1. The zero-order chi connectivity index (χ0) is 14.7. The van der Waals surface area contributed by atoms with Gasteiger partial charge in [-0.25, -0.2) is 0 Å². The van der Waals surface area contributed by atoms with Crippen LogP contribution in [0.4, 0.5) is 0 Å². The van der Waals surface area contributed by atoms with E-state index in [0.29, 0.717) is 17.3 Å². The van der Waals surface area contributed by atoms with Crippen molar-refractivity contribution >= 4 is 33.4 Å². The van der Waals surface area contributed by atoms with Crippen molar-refractivity contribution in [1.82, 2.24) is 24.5 Å². The summed E-state index contributed by atoms with van der Waals surface area (Å²) >= 11 is 9.39. The van der Waals surface area contributed by atoms with Gasteiger partial charge in [0.1, 0.15) is 12.2 Å². The Morgan fingerprint density at radius 2 is 2.20 bits per heavy atom. The van der Waals surface area contributed by atoms with Crippen molar-refractivity contribution in [2.75, 3.05) is 7.05 Å². The van der Waals surface area contributed by atoms with Gasteiger partial charge in [-0.1, -0.05) is 11.6 Å². The molecule has 0 aliphatic carbocycles. The second-order valence-corrected chi connectivity index (χ2v) is 5.71. The number of amides is 1. The molecule has 0 saturated carbocycles. The number of carbonyl (C=O) groups is 1. The molecule has 0 spiro atoms. The molecule has 0 aromatic carbocycles. The lowest BCUT2D eigenvalue weighted by Gasteiger charge is -2.16. The summed E-state index contributed by atoms with van der Waals surface area (Å²) in [6, 6.07) is 0. The lowest BCUT2D eigenvalue weighted by molar-refractivity contribution is -0.131. The van der Waals surface area contributed by atoms with Crippen LogP contribution in [0.2, 0.25) is 5.02 Å². The van der Waals surface area contributed by atoms with E-state index in [1.165, 1.54) is 0 Å². The number of aryl methyl sites for hydroxylation is 1. The molecule has 0 fully saturated rings. The Morgan fingerprint density at radius 1 is 1.45 bits per heavy atom. The molecule has 8 heteroatoms. The molecule has 0 aliphatic rings. The van der Waals surface area contributed by atoms with Crippen molar-refractivity contribution in [3.8, 4) is 0 Å². The second-order valence-electron chi connectivity index (χ2n) is 4.39. The predicted molar refractivity (Wildman–Crippen MR) is 79.3 cm³/mol. The topological polar surface area (TPSA) is 56.0 Å². The maximum Gasteiger partial charge on any atom is 0.244 e. The van der Waals surface area contributed by atoms with Gasteiger partial charge in [0.25, 0.3) is 0 Å². The minimum Gasteiger partial charge on any atom is -0.338 e. The minimum absolute atomic E-state index is 0.0530. The van der Waals surface area contributed by atoms with Crippen LogP contribution in [0.1, 0.15) is 12.6 Å². The Labute approximate surface area is 130 Å². The standard InChI is InChI=1S/C12H15BrClN5O/c1-3-18-6-10(14)11(16-18)7-17(2)12(20)8-19-5-9(13)4-15-19/h4-6H,3,7-8H2,1-2H3. The van der Waals surface area contributed by atoms with Crippen LogP contribution >= 0.6 is 27.5 Å². The fourth-order valence-electron chi connectivity index (χ4n) is 1.70. The SMILES string of the molecule is CCn1cc(Cl)c(CN(C)C(=O)Cn2cc(Br)cn2)n1. The van der Waals surface area contributed by atoms with Crippen LogP contribution in [-0.2, 0) is 24.4 Å². The van der Waals surface area contributed by atoms with Crippen LogP contribution < -0.4 is 0 Å². The second kappa shape index (κ2) is 6.41. The van der Waals surface area contributed by atoms with Crippen LogP contribution in [0.15, 0.2) is 23.1 Å². The molecule has 6 nitrogen and oxygen atoms in total. The van der Waals surface area contributed by atoms with Crippen molar-refractivity contribution < 1.29 is 4.79 Å². The Bertz CT molecular complexity index is 609. The summed E-state index contributed by atoms with van der Waals surface area (Å²) in [7, 11) is 1.72. The van der Waals surface area contributed by atoms with E-state index >= 15 is 0 Å². The molecule has 0 bridgehead atoms. The smallest absolute Gasteiger partial charge is 0.244 e. The van der Waals surface area contributed by atoms with Gasteiger partial charge in [-0.2, -0.15) is 10.2 Å². The maximum atomic E-state index is 12.1. The molecule has 108 valence electrons. The molecule has 0 unspecified atom stereocenters. The van der Waals surface area contributed by atoms with Gasteiger partial charge in [-0.05, 0) is 22.9 Å². The van der Waals surface area contributed by atoms with Crippen molar-refractivity contribution in [2.24, 2.45) is 0 Å². The highest BCUT2D eigenvalue weighted by atomic mass is 79.9. The van der Waals surface area contributed by atoms with E-state index < -0.39 is 0 Å². The van der Waals surface area contributed by atoms with E-state index in [9.17, 15) is 4.79 Å². The van der Waals surface area contributed by atoms with Gasteiger partial charge in [0.2, 0.25) is 5.91 Å². The molecule has 2 heterocycles. The zero-order valence-corrected chi connectivity index (χ0v) is 13.6. The van der Waals surface area contributed by atoms with E-state index in [0.717, 1.165) is 11.0 Å². The monoisotopic (exact) mass is 359 g/mol. The number of carbonyl (C=O) groups excluding carboxylic acids is 1. The number of hydrogen-bond acceptors (Lipinski definition) is 3. The Hall–Kier alpha value is -1.34. The molecular formula is C12H15BrClN5O. The average molecular weight is 361 g/mol. The van der Waals surface area contributed by atoms with Gasteiger partial charge in [-0.15, -0.1) is 0 Å². The highest BCUT2D eigenvalue weighted by molar-refractivity contribution is 9.10. The molecule has 2 rings (SSSR count). The first-order valence-corrected chi connectivity index (χ1v) is 7.30. The van der Waals surface area contributed by atoms with Crippen LogP contribution in [0.25, 0.3) is 0 Å². The van der Waals surface area contributed by atoms with Crippen LogP contribution in [0.3, 0.4) is 0 Å². The third kappa shape index (κ3) is 3.61. The van der Waals surface area contributed by atoms with Gasteiger partial charge in [0.15, 0.2) is 0 Å². The molecule has 0 saturated heterocycles. The lowest BCUT2D eigenvalue weighted by Crippen LogP contribution is -2.30. The summed E-state index contributed by atoms with van der Waals surface area (Å²) in [6.07, 6.45) is 5.16. The summed E-state index contributed by atoms with van der Waals surface area (Å²) in [5, 5.41) is 8.96. The summed E-state index contributed by atoms with van der Waals surface area (Å²) in [4.78, 5) is 13.7. The molecule has 2 aromatic heterocycles. The van der Waals surface area contributed by atoms with E-state index in [4.69, 9.17) is 11.6 Å². The lowest BCUT2D eigenvalue weighted by atomic mass is 10.4. The summed E-state index contributed by atoms with van der Waals surface area (Å²) in [5.74, 6) is -0.0530. The van der Waals surface area contributed by atoms with Crippen LogP contribution in [0, 0.1) is 0 Å². The highest BCUT2D eigenvalue weighted by Gasteiger charge is 2.14. The fourth-order valence-corrected chi connectivity index (χ4v) is 2.24. The molecule has 0 atom stereocenters. The van der Waals surface area contributed by atoms with Crippen molar-refractivity contribution in [3.05, 3.63) is 33.8 Å². The van der Waals surface area contributed by atoms with Gasteiger partial charge in [0, 0.05) is 26.0 Å². The maximum absolute atomic E-state index is 12.1. The van der Waals surface area contributed by atoms with Gasteiger partial charge < -0.3 is 4.90 Å². The summed E-state index contributed by atoms with van der Waals surface area (Å²) in [5.41, 5.74) is 0.700. The van der Waals surface area contributed by atoms with E-state index in [2.05, 4.69) is 26.1 Å². The zero-order valence-electron chi connectivity index (χ0n) is 11.3. The molecule has 2 aromatic rings. The fraction of sp³-hybridized carbons (Fsp3) is 0.417.